The Morgan fingerprint density at radius 3 is 2.15 bits per heavy atom. The molecule has 11 rings (SSSR count). The van der Waals surface area contributed by atoms with Gasteiger partial charge in [-0.2, -0.15) is 18.2 Å². The number of para-hydroxylation sites is 4. The molecule has 0 amide bonds. The molecule has 0 unspecified atom stereocenters. The van der Waals surface area contributed by atoms with Crippen molar-refractivity contribution in [3.8, 4) is 23.0 Å². The maximum absolute atomic E-state index is 8.89. The van der Waals surface area contributed by atoms with Gasteiger partial charge in [0.1, 0.15) is 17.0 Å². The molecule has 0 aliphatic rings. The molecule has 4 heterocycles. The van der Waals surface area contributed by atoms with E-state index in [0.717, 1.165) is 60.1 Å². The Kier molecular flexibility index (Phi) is 8.26. The number of benzene rings is 7. The Morgan fingerprint density at radius 1 is 0.650 bits per heavy atom. The number of nitrogens with zero attached hydrogens (tertiary/aromatic N) is 4. The van der Waals surface area contributed by atoms with Gasteiger partial charge >= 0.3 is 0 Å². The quantitative estimate of drug-likeness (QED) is 0.130. The number of fused-ring (bicyclic) bond motifs is 12. The average Bonchev–Trinajstić information content (AvgIpc) is 3.82. The number of aromatic nitrogens is 4. The van der Waals surface area contributed by atoms with Crippen molar-refractivity contribution in [1.29, 1.82) is 0 Å². The first-order valence-electron chi connectivity index (χ1n) is 21.1. The number of rotatable bonds is 4. The predicted octanol–water partition coefficient (Wildman–Crippen LogP) is 12.8. The van der Waals surface area contributed by atoms with Crippen LogP contribution in [-0.2, 0) is 33.5 Å². The molecule has 0 bridgehead atoms. The Bertz CT molecular complexity index is 3670. The van der Waals surface area contributed by atoms with Gasteiger partial charge in [0.15, 0.2) is 0 Å². The molecule has 0 radical (unpaired) electrons. The summed E-state index contributed by atoms with van der Waals surface area (Å²) < 4.78 is 45.0. The summed E-state index contributed by atoms with van der Waals surface area (Å²) in [4.78, 5) is 4.82. The Labute approximate surface area is 365 Å². The smallest absolute Gasteiger partial charge is 0.243 e. The van der Waals surface area contributed by atoms with E-state index in [1.165, 1.54) is 10.1 Å². The van der Waals surface area contributed by atoms with Gasteiger partial charge in [0, 0.05) is 60.4 Å². The molecule has 0 aliphatic heterocycles. The van der Waals surface area contributed by atoms with Gasteiger partial charge < -0.3 is 22.9 Å². The van der Waals surface area contributed by atoms with E-state index >= 15 is 0 Å². The maximum atomic E-state index is 8.89. The van der Waals surface area contributed by atoms with Gasteiger partial charge in [-0.05, 0) is 62.9 Å². The molecule has 0 atom stereocenters. The molecule has 6 nitrogen and oxygen atoms in total. The fraction of sp³-hybridized carbons (Fsp3) is 0.0943. The Hall–Kier alpha value is -6.75. The number of ether oxygens (including phenoxy) is 1. The second kappa shape index (κ2) is 14.5. The maximum Gasteiger partial charge on any atom is 0.243 e. The molecule has 4 aromatic heterocycles. The Balaban J connectivity index is 0.00000471. The third-order valence-electron chi connectivity index (χ3n) is 11.2. The third-order valence-corrected chi connectivity index (χ3v) is 11.2. The molecule has 7 heteroatoms. The Morgan fingerprint density at radius 2 is 1.33 bits per heavy atom. The van der Waals surface area contributed by atoms with Gasteiger partial charge in [-0.1, -0.05) is 123 Å². The van der Waals surface area contributed by atoms with E-state index in [2.05, 4.69) is 86.3 Å². The van der Waals surface area contributed by atoms with E-state index in [9.17, 15) is 0 Å². The minimum Gasteiger partial charge on any atom is -0.510 e. The van der Waals surface area contributed by atoms with Crippen molar-refractivity contribution >= 4 is 76.3 Å². The summed E-state index contributed by atoms with van der Waals surface area (Å²) in [6.07, 6.45) is 5.17. The first-order valence-corrected chi connectivity index (χ1v) is 19.6. The largest absolute Gasteiger partial charge is 0.510 e. The molecule has 0 aliphatic carbocycles. The SMILES string of the molecule is [2H]C([2H])([2H])[n+]1[c-]n(-c2[c-]c(Oc3[c-]c4c(cc3)c3ccccc3n4-c3cc(C(C)(C)C)ccn3)ccc2)c2ccccc2c2ccc3c4ccccc4oc3c2c2ccccc21.[Pt]. The number of hydrogen-bond donors (Lipinski definition) is 0. The summed E-state index contributed by atoms with van der Waals surface area (Å²) in [5.41, 5.74) is 6.06. The van der Waals surface area contributed by atoms with Gasteiger partial charge in [0.25, 0.3) is 0 Å². The van der Waals surface area contributed by atoms with Crippen molar-refractivity contribution < 1.29 is 38.9 Å². The van der Waals surface area contributed by atoms with Gasteiger partial charge in [-0.25, -0.2) is 4.98 Å². The van der Waals surface area contributed by atoms with Crippen molar-refractivity contribution in [2.45, 2.75) is 26.2 Å². The normalized spacial score (nSPS) is 12.8. The average molecular weight is 961 g/mol. The molecule has 11 aromatic rings. The predicted molar refractivity (Wildman–Crippen MR) is 238 cm³/mol. The number of furan rings is 1. The van der Waals surface area contributed by atoms with Crippen LogP contribution in [0.4, 0.5) is 0 Å². The summed E-state index contributed by atoms with van der Waals surface area (Å²) in [6.45, 7) is 3.96. The zero-order chi connectivity index (χ0) is 42.3. The molecule has 60 heavy (non-hydrogen) atoms. The van der Waals surface area contributed by atoms with Crippen LogP contribution in [0.3, 0.4) is 0 Å². The summed E-state index contributed by atoms with van der Waals surface area (Å²) in [5.74, 6) is 1.70. The van der Waals surface area contributed by atoms with E-state index in [4.69, 9.17) is 18.3 Å². The second-order valence-electron chi connectivity index (χ2n) is 15.9. The monoisotopic (exact) mass is 960 g/mol. The zero-order valence-electron chi connectivity index (χ0n) is 35.9. The van der Waals surface area contributed by atoms with Gasteiger partial charge in [-0.3, -0.25) is 0 Å². The van der Waals surface area contributed by atoms with Crippen molar-refractivity contribution in [1.82, 2.24) is 14.1 Å². The molecular weight excluding hydrogens is 920 g/mol. The van der Waals surface area contributed by atoms with E-state index < -0.39 is 6.98 Å². The number of aryl methyl sites for hydroxylation is 1. The molecule has 0 spiro atoms. The van der Waals surface area contributed by atoms with Crippen LogP contribution in [0.2, 0.25) is 0 Å². The number of hydrogen-bond acceptors (Lipinski definition) is 3. The minimum atomic E-state index is -2.63. The summed E-state index contributed by atoms with van der Waals surface area (Å²) >= 11 is 0. The van der Waals surface area contributed by atoms with Crippen molar-refractivity contribution in [3.63, 3.8) is 0 Å². The number of pyridine rings is 1. The topological polar surface area (TPSA) is 49.0 Å². The summed E-state index contributed by atoms with van der Waals surface area (Å²) in [6, 6.07) is 56.7. The fourth-order valence-corrected chi connectivity index (χ4v) is 8.37. The van der Waals surface area contributed by atoms with E-state index in [1.54, 1.807) is 4.57 Å². The minimum absolute atomic E-state index is 0. The molecule has 0 saturated carbocycles. The van der Waals surface area contributed by atoms with Crippen LogP contribution in [0.15, 0.2) is 162 Å². The van der Waals surface area contributed by atoms with Crippen molar-refractivity contribution in [2.24, 2.45) is 6.98 Å². The zero-order valence-corrected chi connectivity index (χ0v) is 35.2. The standard InChI is InChI=1S/C53H38N4O2.Pt/c1-53(2,3)34-28-29-54-50(30-34)57-47-22-11-6-16-38(47)40-25-24-37(32-48(40)57)58-36-15-13-14-35(31-36)56-33-55(4)45-20-9-7-19-44(45)51-42(39-17-5-10-21-46(39)56)26-27-43-41-18-8-12-23-49(41)59-52(43)51;/h5-30H,1-4H3;/q-2;/i4D3;. The second-order valence-corrected chi connectivity index (χ2v) is 15.9. The van der Waals surface area contributed by atoms with Crippen LogP contribution in [0.25, 0.3) is 87.8 Å². The molecular formula is C53H38N4O2Pt-2. The molecule has 0 N–H and O–H groups in total. The fourth-order valence-electron chi connectivity index (χ4n) is 8.37. The molecule has 7 aromatic carbocycles. The molecule has 0 fully saturated rings. The molecule has 294 valence electrons. The van der Waals surface area contributed by atoms with Crippen LogP contribution in [0.1, 0.15) is 30.4 Å². The van der Waals surface area contributed by atoms with E-state index in [1.807, 2.05) is 115 Å². The first-order chi connectivity index (χ1) is 30.0. The third kappa shape index (κ3) is 6.13. The first kappa shape index (κ1) is 34.1. The van der Waals surface area contributed by atoms with Crippen LogP contribution in [0, 0.1) is 18.5 Å². The van der Waals surface area contributed by atoms with Crippen LogP contribution in [-0.4, -0.2) is 14.1 Å². The van der Waals surface area contributed by atoms with Gasteiger partial charge in [0.05, 0.1) is 22.1 Å². The van der Waals surface area contributed by atoms with Crippen molar-refractivity contribution in [3.05, 3.63) is 182 Å². The van der Waals surface area contributed by atoms with E-state index in [0.29, 0.717) is 39.2 Å². The molecule has 0 saturated heterocycles. The van der Waals surface area contributed by atoms with Gasteiger partial charge in [0.2, 0.25) is 6.33 Å². The van der Waals surface area contributed by atoms with E-state index in [-0.39, 0.29) is 26.5 Å². The van der Waals surface area contributed by atoms with Crippen molar-refractivity contribution in [2.75, 3.05) is 0 Å². The van der Waals surface area contributed by atoms with Gasteiger partial charge in [-0.15, -0.1) is 29.7 Å². The van der Waals surface area contributed by atoms with Crippen LogP contribution >= 0.6 is 0 Å². The van der Waals surface area contributed by atoms with Crippen LogP contribution < -0.4 is 9.30 Å². The summed E-state index contributed by atoms with van der Waals surface area (Å²) in [7, 11) is 0. The summed E-state index contributed by atoms with van der Waals surface area (Å²) in [5, 5.41) is 7.28. The van der Waals surface area contributed by atoms with Crippen LogP contribution in [0.5, 0.6) is 11.5 Å².